The lowest BCUT2D eigenvalue weighted by atomic mass is 10.2. The van der Waals surface area contributed by atoms with Crippen LogP contribution in [0.4, 0.5) is 4.39 Å². The molecule has 1 atom stereocenters. The molecule has 0 bridgehead atoms. The van der Waals surface area contributed by atoms with E-state index in [1.165, 1.54) is 12.1 Å². The van der Waals surface area contributed by atoms with Gasteiger partial charge in [0, 0.05) is 3.92 Å². The highest BCUT2D eigenvalue weighted by Gasteiger charge is 1.90. The van der Waals surface area contributed by atoms with Crippen molar-refractivity contribution >= 4 is 28.7 Å². The molecule has 1 rings (SSSR count). The Hall–Kier alpha value is -0.380. The van der Waals surface area contributed by atoms with Crippen molar-refractivity contribution in [3.05, 3.63) is 41.7 Å². The van der Waals surface area contributed by atoms with Gasteiger partial charge in [-0.05, 0) is 24.6 Å². The van der Waals surface area contributed by atoms with Crippen LogP contribution in [-0.2, 0) is 0 Å². The Bertz CT molecular complexity index is 279. The van der Waals surface area contributed by atoms with Gasteiger partial charge in [-0.3, -0.25) is 0 Å². The number of hydrogen-bond acceptors (Lipinski definition) is 0. The topological polar surface area (TPSA) is 0 Å². The van der Waals surface area contributed by atoms with Crippen molar-refractivity contribution in [2.45, 2.75) is 10.8 Å². The van der Waals surface area contributed by atoms with Crippen LogP contribution in [0.1, 0.15) is 12.5 Å². The molecule has 1 aromatic rings. The molecule has 0 amide bonds. The first-order chi connectivity index (χ1) is 5.68. The van der Waals surface area contributed by atoms with Gasteiger partial charge in [0.25, 0.3) is 0 Å². The largest absolute Gasteiger partial charge is 0.207 e. The van der Waals surface area contributed by atoms with Crippen molar-refractivity contribution in [3.63, 3.8) is 0 Å². The second kappa shape index (κ2) is 4.60. The number of benzene rings is 1. The zero-order chi connectivity index (χ0) is 8.97. The van der Waals surface area contributed by atoms with Gasteiger partial charge in [0.15, 0.2) is 0 Å². The Morgan fingerprint density at radius 1 is 1.50 bits per heavy atom. The Kier molecular flexibility index (Phi) is 3.72. The van der Waals surface area contributed by atoms with Crippen LogP contribution in [0.15, 0.2) is 30.3 Å². The van der Waals surface area contributed by atoms with Crippen molar-refractivity contribution in [1.29, 1.82) is 0 Å². The van der Waals surface area contributed by atoms with Crippen LogP contribution in [0.25, 0.3) is 6.08 Å². The summed E-state index contributed by atoms with van der Waals surface area (Å²) in [6.45, 7) is 2.08. The smallest absolute Gasteiger partial charge is 0.123 e. The minimum Gasteiger partial charge on any atom is -0.207 e. The third kappa shape index (κ3) is 3.34. The van der Waals surface area contributed by atoms with E-state index in [1.807, 2.05) is 18.2 Å². The fourth-order valence-corrected chi connectivity index (χ4v) is 1.06. The van der Waals surface area contributed by atoms with E-state index >= 15 is 0 Å². The molecule has 0 saturated carbocycles. The third-order valence-electron chi connectivity index (χ3n) is 1.40. The van der Waals surface area contributed by atoms with E-state index in [1.54, 1.807) is 6.07 Å². The molecule has 2 heteroatoms. The van der Waals surface area contributed by atoms with Crippen LogP contribution in [0.3, 0.4) is 0 Å². The summed E-state index contributed by atoms with van der Waals surface area (Å²) in [5, 5.41) is 0. The second-order valence-electron chi connectivity index (χ2n) is 2.59. The summed E-state index contributed by atoms with van der Waals surface area (Å²) >= 11 is 2.30. The molecule has 0 aliphatic heterocycles. The molecule has 0 fully saturated rings. The lowest BCUT2D eigenvalue weighted by Gasteiger charge is -1.94. The van der Waals surface area contributed by atoms with Crippen molar-refractivity contribution in [2.75, 3.05) is 0 Å². The van der Waals surface area contributed by atoms with Crippen LogP contribution < -0.4 is 0 Å². The van der Waals surface area contributed by atoms with E-state index in [4.69, 9.17) is 0 Å². The van der Waals surface area contributed by atoms with E-state index in [2.05, 4.69) is 29.5 Å². The molecule has 0 saturated heterocycles. The minimum absolute atomic E-state index is 0.182. The summed E-state index contributed by atoms with van der Waals surface area (Å²) in [5.41, 5.74) is 0.915. The Labute approximate surface area is 85.6 Å². The summed E-state index contributed by atoms with van der Waals surface area (Å²) in [7, 11) is 0. The molecule has 1 unspecified atom stereocenters. The molecule has 12 heavy (non-hydrogen) atoms. The highest BCUT2D eigenvalue weighted by molar-refractivity contribution is 14.1. The first-order valence-corrected chi connectivity index (χ1v) is 5.01. The molecule has 0 aliphatic carbocycles. The minimum atomic E-state index is -0.182. The Morgan fingerprint density at radius 2 is 2.25 bits per heavy atom. The summed E-state index contributed by atoms with van der Waals surface area (Å²) in [5.74, 6) is -0.182. The first-order valence-electron chi connectivity index (χ1n) is 3.76. The zero-order valence-corrected chi connectivity index (χ0v) is 8.95. The summed E-state index contributed by atoms with van der Waals surface area (Å²) in [6.07, 6.45) is 3.97. The normalized spacial score (nSPS) is 13.6. The van der Waals surface area contributed by atoms with Gasteiger partial charge in [-0.15, -0.1) is 0 Å². The van der Waals surface area contributed by atoms with Gasteiger partial charge in [0.1, 0.15) is 5.82 Å². The van der Waals surface area contributed by atoms with Crippen molar-refractivity contribution in [3.8, 4) is 0 Å². The molecular formula is C10H10FI. The maximum Gasteiger partial charge on any atom is 0.123 e. The lowest BCUT2D eigenvalue weighted by molar-refractivity contribution is 0.627. The third-order valence-corrected chi connectivity index (χ3v) is 1.82. The van der Waals surface area contributed by atoms with Gasteiger partial charge in [-0.25, -0.2) is 4.39 Å². The molecule has 0 nitrogen and oxygen atoms in total. The van der Waals surface area contributed by atoms with Crippen LogP contribution in [0, 0.1) is 5.82 Å². The zero-order valence-electron chi connectivity index (χ0n) is 6.80. The number of halogens is 2. The van der Waals surface area contributed by atoms with E-state index in [0.717, 1.165) is 5.56 Å². The maximum absolute atomic E-state index is 12.7. The predicted molar refractivity (Wildman–Crippen MR) is 58.9 cm³/mol. The van der Waals surface area contributed by atoms with Crippen molar-refractivity contribution in [2.24, 2.45) is 0 Å². The Morgan fingerprint density at radius 3 is 2.83 bits per heavy atom. The maximum atomic E-state index is 12.7. The standard InChI is InChI=1S/C10H10FI/c1-8(12)5-6-9-3-2-4-10(11)7-9/h2-8H,1H3/b6-5+. The van der Waals surface area contributed by atoms with Crippen LogP contribution in [0.2, 0.25) is 0 Å². The molecule has 0 spiro atoms. The lowest BCUT2D eigenvalue weighted by Crippen LogP contribution is -1.80. The van der Waals surface area contributed by atoms with Crippen LogP contribution in [0.5, 0.6) is 0 Å². The summed E-state index contributed by atoms with van der Waals surface area (Å²) in [6, 6.07) is 6.58. The summed E-state index contributed by atoms with van der Waals surface area (Å²) < 4.78 is 13.1. The van der Waals surface area contributed by atoms with E-state index < -0.39 is 0 Å². The van der Waals surface area contributed by atoms with E-state index in [9.17, 15) is 4.39 Å². The molecular weight excluding hydrogens is 266 g/mol. The van der Waals surface area contributed by atoms with Gasteiger partial charge in [0.05, 0.1) is 0 Å². The second-order valence-corrected chi connectivity index (χ2v) is 4.56. The van der Waals surface area contributed by atoms with Crippen LogP contribution in [-0.4, -0.2) is 3.92 Å². The van der Waals surface area contributed by atoms with Crippen molar-refractivity contribution in [1.82, 2.24) is 0 Å². The fourth-order valence-electron chi connectivity index (χ4n) is 0.854. The number of rotatable bonds is 2. The summed E-state index contributed by atoms with van der Waals surface area (Å²) in [4.78, 5) is 0. The predicted octanol–water partition coefficient (Wildman–Crippen LogP) is 3.66. The van der Waals surface area contributed by atoms with Gasteiger partial charge in [-0.2, -0.15) is 0 Å². The van der Waals surface area contributed by atoms with Gasteiger partial charge in [0.2, 0.25) is 0 Å². The molecule has 0 N–H and O–H groups in total. The highest BCUT2D eigenvalue weighted by Crippen LogP contribution is 2.08. The average Bonchev–Trinajstić information content (AvgIpc) is 2.01. The van der Waals surface area contributed by atoms with Gasteiger partial charge in [-0.1, -0.05) is 46.9 Å². The average molecular weight is 276 g/mol. The fraction of sp³-hybridized carbons (Fsp3) is 0.200. The number of allylic oxidation sites excluding steroid dienone is 1. The quantitative estimate of drug-likeness (QED) is 0.571. The first kappa shape index (κ1) is 9.71. The molecule has 0 radical (unpaired) electrons. The highest BCUT2D eigenvalue weighted by atomic mass is 127. The monoisotopic (exact) mass is 276 g/mol. The van der Waals surface area contributed by atoms with Crippen LogP contribution >= 0.6 is 22.6 Å². The molecule has 64 valence electrons. The molecule has 0 aliphatic rings. The molecule has 1 aromatic carbocycles. The Balaban J connectivity index is 2.76. The van der Waals surface area contributed by atoms with Crippen molar-refractivity contribution < 1.29 is 4.39 Å². The molecule has 0 aromatic heterocycles. The SMILES string of the molecule is CC(I)/C=C/c1cccc(F)c1. The van der Waals surface area contributed by atoms with E-state index in [-0.39, 0.29) is 5.82 Å². The van der Waals surface area contributed by atoms with E-state index in [0.29, 0.717) is 3.92 Å². The molecule has 0 heterocycles. The number of hydrogen-bond donors (Lipinski definition) is 0. The van der Waals surface area contributed by atoms with Gasteiger partial charge < -0.3 is 0 Å². The number of alkyl halides is 1. The van der Waals surface area contributed by atoms with Gasteiger partial charge >= 0.3 is 0 Å².